The van der Waals surface area contributed by atoms with Crippen LogP contribution in [0.3, 0.4) is 0 Å². The fraction of sp³-hybridized carbons (Fsp3) is 0.143. The molecule has 2 aromatic carbocycles. The second kappa shape index (κ2) is 7.72. The number of carbonyl (C=O) groups excluding carboxylic acids is 1. The summed E-state index contributed by atoms with van der Waals surface area (Å²) in [6.45, 7) is 4.20. The number of carbonyl (C=O) groups is 1. The van der Waals surface area contributed by atoms with Crippen molar-refractivity contribution in [2.45, 2.75) is 29.6 Å². The molecule has 1 aromatic heterocycles. The van der Waals surface area contributed by atoms with Crippen molar-refractivity contribution in [2.24, 2.45) is 0 Å². The van der Waals surface area contributed by atoms with E-state index < -0.39 is 9.84 Å². The lowest BCUT2D eigenvalue weighted by atomic mass is 10.0. The van der Waals surface area contributed by atoms with Crippen LogP contribution in [0.4, 0.5) is 5.69 Å². The second-order valence-corrected chi connectivity index (χ2v) is 8.40. The predicted molar refractivity (Wildman–Crippen MR) is 105 cm³/mol. The van der Waals surface area contributed by atoms with Crippen LogP contribution in [0.1, 0.15) is 35.7 Å². The van der Waals surface area contributed by atoms with Gasteiger partial charge in [0.15, 0.2) is 0 Å². The van der Waals surface area contributed by atoms with Gasteiger partial charge in [-0.25, -0.2) is 8.42 Å². The van der Waals surface area contributed by atoms with Gasteiger partial charge >= 0.3 is 0 Å². The van der Waals surface area contributed by atoms with Gasteiger partial charge in [-0.2, -0.15) is 0 Å². The normalized spacial score (nSPS) is 11.4. The Labute approximate surface area is 159 Å². The summed E-state index contributed by atoms with van der Waals surface area (Å²) in [5, 5.41) is 2.80. The predicted octanol–water partition coefficient (Wildman–Crippen LogP) is 4.29. The Morgan fingerprint density at radius 2 is 1.67 bits per heavy atom. The van der Waals surface area contributed by atoms with Gasteiger partial charge in [-0.3, -0.25) is 9.78 Å². The lowest BCUT2D eigenvalue weighted by molar-refractivity contribution is 0.102. The SMILES string of the molecule is CC(C)c1ccc(NC(=O)c2cccc(S(=O)(=O)c3cccnc3)c2)cc1. The van der Waals surface area contributed by atoms with Crippen molar-refractivity contribution in [2.75, 3.05) is 5.32 Å². The number of hydrogen-bond acceptors (Lipinski definition) is 4. The molecule has 0 aliphatic rings. The van der Waals surface area contributed by atoms with Gasteiger partial charge in [-0.1, -0.05) is 32.0 Å². The third kappa shape index (κ3) is 4.23. The number of anilines is 1. The van der Waals surface area contributed by atoms with Crippen LogP contribution >= 0.6 is 0 Å². The molecule has 1 N–H and O–H groups in total. The maximum absolute atomic E-state index is 12.7. The largest absolute Gasteiger partial charge is 0.322 e. The lowest BCUT2D eigenvalue weighted by Crippen LogP contribution is -2.13. The Balaban J connectivity index is 1.84. The van der Waals surface area contributed by atoms with Gasteiger partial charge in [0.25, 0.3) is 5.91 Å². The van der Waals surface area contributed by atoms with Crippen LogP contribution in [0.25, 0.3) is 0 Å². The number of sulfone groups is 1. The monoisotopic (exact) mass is 380 g/mol. The highest BCUT2D eigenvalue weighted by Gasteiger charge is 2.19. The van der Waals surface area contributed by atoms with Gasteiger partial charge in [-0.15, -0.1) is 0 Å². The first-order chi connectivity index (χ1) is 12.9. The molecule has 1 amide bonds. The third-order valence-corrected chi connectivity index (χ3v) is 5.92. The maximum Gasteiger partial charge on any atom is 0.255 e. The Hall–Kier alpha value is -2.99. The average Bonchev–Trinajstić information content (AvgIpc) is 2.69. The molecule has 0 unspecified atom stereocenters. The zero-order chi connectivity index (χ0) is 19.4. The van der Waals surface area contributed by atoms with Crippen molar-refractivity contribution < 1.29 is 13.2 Å². The van der Waals surface area contributed by atoms with Gasteiger partial charge in [0, 0.05) is 23.6 Å². The minimum Gasteiger partial charge on any atom is -0.322 e. The Morgan fingerprint density at radius 1 is 0.963 bits per heavy atom. The van der Waals surface area contributed by atoms with Gasteiger partial charge in [0.2, 0.25) is 9.84 Å². The topological polar surface area (TPSA) is 76.1 Å². The van der Waals surface area contributed by atoms with Crippen LogP contribution in [0, 0.1) is 0 Å². The maximum atomic E-state index is 12.7. The highest BCUT2D eigenvalue weighted by Crippen LogP contribution is 2.22. The van der Waals surface area contributed by atoms with Crippen molar-refractivity contribution in [3.63, 3.8) is 0 Å². The Morgan fingerprint density at radius 3 is 2.30 bits per heavy atom. The Kier molecular flexibility index (Phi) is 5.37. The molecule has 0 aliphatic heterocycles. The minimum atomic E-state index is -3.73. The number of amides is 1. The first-order valence-electron chi connectivity index (χ1n) is 8.54. The molecule has 0 spiro atoms. The van der Waals surface area contributed by atoms with Crippen LogP contribution in [-0.2, 0) is 9.84 Å². The second-order valence-electron chi connectivity index (χ2n) is 6.45. The standard InChI is InChI=1S/C21H20N2O3S/c1-15(2)16-8-10-18(11-9-16)23-21(24)17-5-3-6-19(13-17)27(25,26)20-7-4-12-22-14-20/h3-15H,1-2H3,(H,23,24). The third-order valence-electron chi connectivity index (χ3n) is 4.19. The quantitative estimate of drug-likeness (QED) is 0.716. The summed E-state index contributed by atoms with van der Waals surface area (Å²) >= 11 is 0. The van der Waals surface area contributed by atoms with E-state index in [0.717, 1.165) is 0 Å². The summed E-state index contributed by atoms with van der Waals surface area (Å²) < 4.78 is 25.4. The Bertz CT molecular complexity index is 1040. The first kappa shape index (κ1) is 18.8. The van der Waals surface area contributed by atoms with E-state index in [0.29, 0.717) is 11.6 Å². The van der Waals surface area contributed by atoms with E-state index in [-0.39, 0.29) is 21.3 Å². The number of rotatable bonds is 5. The molecule has 0 saturated heterocycles. The molecule has 0 radical (unpaired) electrons. The number of nitrogens with one attached hydrogen (secondary N) is 1. The van der Waals surface area contributed by atoms with Gasteiger partial charge in [0.05, 0.1) is 9.79 Å². The van der Waals surface area contributed by atoms with Gasteiger partial charge in [-0.05, 0) is 53.9 Å². The van der Waals surface area contributed by atoms with Crippen molar-refractivity contribution in [3.8, 4) is 0 Å². The van der Waals surface area contributed by atoms with Crippen LogP contribution in [0.5, 0.6) is 0 Å². The zero-order valence-corrected chi connectivity index (χ0v) is 15.9. The summed E-state index contributed by atoms with van der Waals surface area (Å²) in [6.07, 6.45) is 2.80. The molecular weight excluding hydrogens is 360 g/mol. The van der Waals surface area contributed by atoms with Crippen molar-refractivity contribution in [1.82, 2.24) is 4.98 Å². The van der Waals surface area contributed by atoms with Crippen LogP contribution in [0.15, 0.2) is 82.8 Å². The lowest BCUT2D eigenvalue weighted by Gasteiger charge is -2.10. The van der Waals surface area contributed by atoms with E-state index in [1.807, 2.05) is 24.3 Å². The van der Waals surface area contributed by atoms with Crippen LogP contribution in [0.2, 0.25) is 0 Å². The van der Waals surface area contributed by atoms with Crippen molar-refractivity contribution >= 4 is 21.4 Å². The molecule has 1 heterocycles. The highest BCUT2D eigenvalue weighted by molar-refractivity contribution is 7.91. The van der Waals surface area contributed by atoms with E-state index in [2.05, 4.69) is 24.1 Å². The fourth-order valence-electron chi connectivity index (χ4n) is 2.60. The van der Waals surface area contributed by atoms with Crippen LogP contribution in [-0.4, -0.2) is 19.3 Å². The molecule has 0 atom stereocenters. The molecule has 0 bridgehead atoms. The van der Waals surface area contributed by atoms with Crippen LogP contribution < -0.4 is 5.32 Å². The average molecular weight is 380 g/mol. The number of benzene rings is 2. The fourth-order valence-corrected chi connectivity index (χ4v) is 3.87. The minimum absolute atomic E-state index is 0.0540. The molecule has 3 aromatic rings. The van der Waals surface area contributed by atoms with Crippen molar-refractivity contribution in [1.29, 1.82) is 0 Å². The van der Waals surface area contributed by atoms with E-state index in [1.54, 1.807) is 18.2 Å². The molecule has 0 saturated carbocycles. The van der Waals surface area contributed by atoms with E-state index in [1.165, 1.54) is 36.2 Å². The molecule has 3 rings (SSSR count). The van der Waals surface area contributed by atoms with Gasteiger partial charge in [0.1, 0.15) is 0 Å². The molecule has 27 heavy (non-hydrogen) atoms. The summed E-state index contributed by atoms with van der Waals surface area (Å²) in [6, 6.07) is 16.6. The first-order valence-corrected chi connectivity index (χ1v) is 10.0. The molecule has 5 nitrogen and oxygen atoms in total. The molecular formula is C21H20N2O3S. The summed E-state index contributed by atoms with van der Waals surface area (Å²) in [5.74, 6) is 0.0413. The molecule has 138 valence electrons. The molecule has 0 aliphatic carbocycles. The van der Waals surface area contributed by atoms with Crippen molar-refractivity contribution in [3.05, 3.63) is 84.2 Å². The van der Waals surface area contributed by atoms with E-state index >= 15 is 0 Å². The number of aromatic nitrogens is 1. The molecule has 0 fully saturated rings. The summed E-state index contributed by atoms with van der Waals surface area (Å²) in [5.41, 5.74) is 2.11. The number of pyridine rings is 1. The van der Waals surface area contributed by atoms with E-state index in [9.17, 15) is 13.2 Å². The summed E-state index contributed by atoms with van der Waals surface area (Å²) in [4.78, 5) is 16.5. The highest BCUT2D eigenvalue weighted by atomic mass is 32.2. The smallest absolute Gasteiger partial charge is 0.255 e. The summed E-state index contributed by atoms with van der Waals surface area (Å²) in [7, 11) is -3.73. The van der Waals surface area contributed by atoms with E-state index in [4.69, 9.17) is 0 Å². The number of nitrogens with zero attached hydrogens (tertiary/aromatic N) is 1. The van der Waals surface area contributed by atoms with Gasteiger partial charge < -0.3 is 5.32 Å². The zero-order valence-electron chi connectivity index (χ0n) is 15.1. The number of hydrogen-bond donors (Lipinski definition) is 1. The molecule has 6 heteroatoms.